The summed E-state index contributed by atoms with van der Waals surface area (Å²) in [6, 6.07) is 10.4. The first-order valence-electron chi connectivity index (χ1n) is 8.74. The molecule has 0 saturated carbocycles. The Morgan fingerprint density at radius 1 is 1.22 bits per heavy atom. The number of halogens is 1. The summed E-state index contributed by atoms with van der Waals surface area (Å²) in [5.41, 5.74) is 0.917. The van der Waals surface area contributed by atoms with Gasteiger partial charge in [0.15, 0.2) is 17.5 Å². The highest BCUT2D eigenvalue weighted by Crippen LogP contribution is 2.32. The third-order valence-corrected chi connectivity index (χ3v) is 5.17. The SMILES string of the molecule is CN=C(NCC(c1cccs1)N(C)C)Nc1ccc2c(c1)OCCCO2.I. The quantitative estimate of drug-likeness (QED) is 0.370. The lowest BCUT2D eigenvalue weighted by molar-refractivity contribution is 0.297. The minimum absolute atomic E-state index is 0. The standard InChI is InChI=1S/C19H26N4O2S.HI/c1-20-19(21-13-15(23(2)3)18-6-4-11-26-18)22-14-7-8-16-17(12-14)25-10-5-9-24-16;/h4,6-8,11-12,15H,5,9-10,13H2,1-3H3,(H2,20,21,22);1H. The van der Waals surface area contributed by atoms with Crippen LogP contribution in [0.3, 0.4) is 0 Å². The molecule has 2 heterocycles. The highest BCUT2D eigenvalue weighted by molar-refractivity contribution is 14.0. The number of thiophene rings is 1. The van der Waals surface area contributed by atoms with Gasteiger partial charge < -0.3 is 25.0 Å². The van der Waals surface area contributed by atoms with Gasteiger partial charge in [-0.05, 0) is 37.7 Å². The molecule has 0 bridgehead atoms. The maximum atomic E-state index is 5.75. The molecule has 1 aromatic carbocycles. The van der Waals surface area contributed by atoms with Gasteiger partial charge in [-0.2, -0.15) is 0 Å². The Labute approximate surface area is 182 Å². The van der Waals surface area contributed by atoms with E-state index in [9.17, 15) is 0 Å². The van der Waals surface area contributed by atoms with Gasteiger partial charge in [-0.3, -0.25) is 4.99 Å². The molecule has 0 saturated heterocycles. The smallest absolute Gasteiger partial charge is 0.195 e. The van der Waals surface area contributed by atoms with Crippen LogP contribution in [0, 0.1) is 0 Å². The molecule has 148 valence electrons. The van der Waals surface area contributed by atoms with E-state index in [4.69, 9.17) is 9.47 Å². The number of benzene rings is 1. The van der Waals surface area contributed by atoms with Crippen molar-refractivity contribution in [2.45, 2.75) is 12.5 Å². The number of likely N-dealkylation sites (N-methyl/N-ethyl adjacent to an activating group) is 1. The zero-order valence-corrected chi connectivity index (χ0v) is 19.0. The second kappa shape index (κ2) is 10.7. The topological polar surface area (TPSA) is 58.1 Å². The van der Waals surface area contributed by atoms with E-state index in [0.717, 1.165) is 36.1 Å². The van der Waals surface area contributed by atoms with Crippen LogP contribution in [-0.2, 0) is 0 Å². The van der Waals surface area contributed by atoms with Gasteiger partial charge in [0.2, 0.25) is 0 Å². The van der Waals surface area contributed by atoms with E-state index in [0.29, 0.717) is 13.2 Å². The first-order chi connectivity index (χ1) is 12.7. The summed E-state index contributed by atoms with van der Waals surface area (Å²) in [5, 5.41) is 8.85. The molecule has 8 heteroatoms. The van der Waals surface area contributed by atoms with Gasteiger partial charge in [-0.15, -0.1) is 35.3 Å². The first kappa shape index (κ1) is 21.8. The van der Waals surface area contributed by atoms with Crippen LogP contribution < -0.4 is 20.1 Å². The monoisotopic (exact) mass is 502 g/mol. The lowest BCUT2D eigenvalue weighted by Gasteiger charge is -2.24. The number of anilines is 1. The largest absolute Gasteiger partial charge is 0.490 e. The number of hydrogen-bond acceptors (Lipinski definition) is 5. The lowest BCUT2D eigenvalue weighted by Crippen LogP contribution is -2.37. The normalized spacial score (nSPS) is 14.9. The summed E-state index contributed by atoms with van der Waals surface area (Å²) in [6.07, 6.45) is 0.898. The summed E-state index contributed by atoms with van der Waals surface area (Å²) in [5.74, 6) is 2.29. The second-order valence-electron chi connectivity index (χ2n) is 6.28. The maximum Gasteiger partial charge on any atom is 0.195 e. The highest BCUT2D eigenvalue weighted by Gasteiger charge is 2.16. The van der Waals surface area contributed by atoms with Crippen LogP contribution >= 0.6 is 35.3 Å². The first-order valence-corrected chi connectivity index (χ1v) is 9.62. The molecule has 0 radical (unpaired) electrons. The number of guanidine groups is 1. The molecule has 1 atom stereocenters. The average molecular weight is 502 g/mol. The molecule has 3 rings (SSSR count). The molecule has 27 heavy (non-hydrogen) atoms. The summed E-state index contributed by atoms with van der Waals surface area (Å²) >= 11 is 1.77. The van der Waals surface area contributed by atoms with E-state index in [2.05, 4.69) is 52.1 Å². The molecule has 1 aromatic heterocycles. The average Bonchev–Trinajstić information content (AvgIpc) is 3.05. The van der Waals surface area contributed by atoms with Crippen LogP contribution in [0.5, 0.6) is 11.5 Å². The predicted molar refractivity (Wildman–Crippen MR) is 123 cm³/mol. The van der Waals surface area contributed by atoms with Gasteiger partial charge in [0.05, 0.1) is 19.3 Å². The predicted octanol–water partition coefficient (Wildman–Crippen LogP) is 3.82. The minimum atomic E-state index is 0. The van der Waals surface area contributed by atoms with Crippen molar-refractivity contribution >= 4 is 47.0 Å². The number of fused-ring (bicyclic) bond motifs is 1. The van der Waals surface area contributed by atoms with E-state index in [-0.39, 0.29) is 30.0 Å². The molecular weight excluding hydrogens is 475 g/mol. The number of nitrogens with one attached hydrogen (secondary N) is 2. The van der Waals surface area contributed by atoms with Crippen LogP contribution in [-0.4, -0.2) is 51.8 Å². The van der Waals surface area contributed by atoms with E-state index in [1.165, 1.54) is 4.88 Å². The Bertz CT molecular complexity index is 737. The fourth-order valence-electron chi connectivity index (χ4n) is 2.77. The highest BCUT2D eigenvalue weighted by atomic mass is 127. The van der Waals surface area contributed by atoms with Gasteiger partial charge in [0, 0.05) is 36.6 Å². The van der Waals surface area contributed by atoms with Gasteiger partial charge in [0.25, 0.3) is 0 Å². The van der Waals surface area contributed by atoms with Crippen LogP contribution in [0.1, 0.15) is 17.3 Å². The van der Waals surface area contributed by atoms with Crippen LogP contribution in [0.25, 0.3) is 0 Å². The third-order valence-electron chi connectivity index (χ3n) is 4.19. The van der Waals surface area contributed by atoms with Crippen molar-refractivity contribution in [2.75, 3.05) is 46.2 Å². The van der Waals surface area contributed by atoms with Crippen molar-refractivity contribution < 1.29 is 9.47 Å². The Morgan fingerprint density at radius 2 is 2.00 bits per heavy atom. The molecule has 2 N–H and O–H groups in total. The molecule has 0 fully saturated rings. The van der Waals surface area contributed by atoms with Crippen molar-refractivity contribution in [3.8, 4) is 11.5 Å². The van der Waals surface area contributed by atoms with Crippen molar-refractivity contribution in [2.24, 2.45) is 4.99 Å². The van der Waals surface area contributed by atoms with Crippen molar-refractivity contribution in [1.29, 1.82) is 0 Å². The number of aliphatic imine (C=N–C) groups is 1. The maximum absolute atomic E-state index is 5.75. The molecule has 1 aliphatic rings. The number of nitrogens with zero attached hydrogens (tertiary/aromatic N) is 2. The molecule has 0 spiro atoms. The zero-order valence-electron chi connectivity index (χ0n) is 15.9. The third kappa shape index (κ3) is 5.98. The summed E-state index contributed by atoms with van der Waals surface area (Å²) in [6.45, 7) is 2.13. The van der Waals surface area contributed by atoms with Gasteiger partial charge in [-0.25, -0.2) is 0 Å². The Morgan fingerprint density at radius 3 is 2.67 bits per heavy atom. The number of rotatable bonds is 5. The molecule has 1 unspecified atom stereocenters. The van der Waals surface area contributed by atoms with Crippen molar-refractivity contribution in [1.82, 2.24) is 10.2 Å². The summed E-state index contributed by atoms with van der Waals surface area (Å²) in [7, 11) is 5.95. The Hall–Kier alpha value is -1.52. The van der Waals surface area contributed by atoms with Crippen LogP contribution in [0.4, 0.5) is 5.69 Å². The molecule has 1 aliphatic heterocycles. The molecule has 2 aromatic rings. The van der Waals surface area contributed by atoms with Gasteiger partial charge >= 0.3 is 0 Å². The molecule has 0 amide bonds. The fraction of sp³-hybridized carbons (Fsp3) is 0.421. The van der Waals surface area contributed by atoms with Crippen LogP contribution in [0.15, 0.2) is 40.7 Å². The minimum Gasteiger partial charge on any atom is -0.490 e. The summed E-state index contributed by atoms with van der Waals surface area (Å²) < 4.78 is 11.4. The second-order valence-corrected chi connectivity index (χ2v) is 7.26. The van der Waals surface area contributed by atoms with Gasteiger partial charge in [0.1, 0.15) is 0 Å². The van der Waals surface area contributed by atoms with E-state index >= 15 is 0 Å². The van der Waals surface area contributed by atoms with Crippen molar-refractivity contribution in [3.05, 3.63) is 40.6 Å². The molecule has 6 nitrogen and oxygen atoms in total. The van der Waals surface area contributed by atoms with E-state index in [1.54, 1.807) is 18.4 Å². The summed E-state index contributed by atoms with van der Waals surface area (Å²) in [4.78, 5) is 7.87. The van der Waals surface area contributed by atoms with E-state index in [1.807, 2.05) is 18.2 Å². The Kier molecular flexibility index (Phi) is 8.65. The van der Waals surface area contributed by atoms with Crippen molar-refractivity contribution in [3.63, 3.8) is 0 Å². The fourth-order valence-corrected chi connectivity index (χ4v) is 3.69. The zero-order chi connectivity index (χ0) is 18.4. The number of ether oxygens (including phenoxy) is 2. The molecule has 0 aliphatic carbocycles. The van der Waals surface area contributed by atoms with Crippen LogP contribution in [0.2, 0.25) is 0 Å². The van der Waals surface area contributed by atoms with Gasteiger partial charge in [-0.1, -0.05) is 6.07 Å². The number of hydrogen-bond donors (Lipinski definition) is 2. The van der Waals surface area contributed by atoms with E-state index < -0.39 is 0 Å². The molecular formula is C19H27IN4O2S. The Balaban J connectivity index is 0.00000261. The lowest BCUT2D eigenvalue weighted by atomic mass is 10.2.